The Balaban J connectivity index is 1.55. The molecule has 32 heavy (non-hydrogen) atoms. The summed E-state index contributed by atoms with van der Waals surface area (Å²) in [5.41, 5.74) is 5.44. The van der Waals surface area contributed by atoms with Crippen LogP contribution in [-0.4, -0.2) is 74.7 Å². The Kier molecular flexibility index (Phi) is 6.28. The van der Waals surface area contributed by atoms with Gasteiger partial charge in [-0.2, -0.15) is 0 Å². The van der Waals surface area contributed by atoms with E-state index in [1.165, 1.54) is 17.0 Å². The number of anilines is 1. The summed E-state index contributed by atoms with van der Waals surface area (Å²) in [5, 5.41) is 8.09. The maximum atomic E-state index is 13.1. The zero-order valence-electron chi connectivity index (χ0n) is 19.5. The third kappa shape index (κ3) is 4.25. The van der Waals surface area contributed by atoms with Crippen LogP contribution in [-0.2, 0) is 0 Å². The molecule has 2 aromatic rings. The van der Waals surface area contributed by atoms with Crippen molar-refractivity contribution in [1.29, 1.82) is 0 Å². The maximum absolute atomic E-state index is 13.1. The lowest BCUT2D eigenvalue weighted by atomic mass is 10.0. The highest BCUT2D eigenvalue weighted by Gasteiger charge is 2.37. The molecule has 2 heterocycles. The van der Waals surface area contributed by atoms with Gasteiger partial charge in [0.15, 0.2) is 17.3 Å². The highest BCUT2D eigenvalue weighted by atomic mass is 16.5. The molecule has 2 aromatic carbocycles. The number of hydrazine groups is 1. The fourth-order valence-electron chi connectivity index (χ4n) is 4.46. The van der Waals surface area contributed by atoms with E-state index < -0.39 is 0 Å². The molecular weight excluding hydrogens is 404 g/mol. The van der Waals surface area contributed by atoms with Crippen molar-refractivity contribution in [1.82, 2.24) is 14.9 Å². The van der Waals surface area contributed by atoms with Gasteiger partial charge in [0.1, 0.15) is 0 Å². The highest BCUT2D eigenvalue weighted by Crippen LogP contribution is 2.34. The van der Waals surface area contributed by atoms with Gasteiger partial charge in [-0.15, -0.1) is 0 Å². The number of hydrogen-bond acceptors (Lipinski definition) is 7. The Bertz CT molecular complexity index is 1020. The van der Waals surface area contributed by atoms with Crippen molar-refractivity contribution < 1.29 is 14.3 Å². The number of carbonyl (C=O) groups excluding carboxylic acids is 1. The largest absolute Gasteiger partial charge is 0.493 e. The predicted molar refractivity (Wildman–Crippen MR) is 126 cm³/mol. The van der Waals surface area contributed by atoms with Crippen LogP contribution in [0.4, 0.5) is 5.69 Å². The summed E-state index contributed by atoms with van der Waals surface area (Å²) in [6.45, 7) is 4.05. The first-order valence-electron chi connectivity index (χ1n) is 10.9. The van der Waals surface area contributed by atoms with Crippen molar-refractivity contribution >= 4 is 11.5 Å². The van der Waals surface area contributed by atoms with Crippen molar-refractivity contribution in [3.63, 3.8) is 0 Å². The fourth-order valence-corrected chi connectivity index (χ4v) is 4.46. The second-order valence-corrected chi connectivity index (χ2v) is 8.44. The lowest BCUT2D eigenvalue weighted by Gasteiger charge is -2.37. The van der Waals surface area contributed by atoms with Crippen LogP contribution in [0.3, 0.4) is 0 Å². The van der Waals surface area contributed by atoms with E-state index in [0.717, 1.165) is 25.2 Å². The van der Waals surface area contributed by atoms with Gasteiger partial charge >= 0.3 is 0 Å². The first kappa shape index (κ1) is 22.0. The molecule has 0 aromatic heterocycles. The van der Waals surface area contributed by atoms with E-state index in [0.29, 0.717) is 23.6 Å². The third-order valence-electron chi connectivity index (χ3n) is 6.37. The predicted octanol–water partition coefficient (Wildman–Crippen LogP) is 3.39. The number of methoxy groups -OCH3 is 2. The van der Waals surface area contributed by atoms with Crippen molar-refractivity contribution in [2.24, 2.45) is 0 Å². The van der Waals surface area contributed by atoms with Gasteiger partial charge in [0.05, 0.1) is 44.7 Å². The Hall–Kier alpha value is -3.19. The summed E-state index contributed by atoms with van der Waals surface area (Å²) < 4.78 is 10.7. The molecule has 0 spiro atoms. The van der Waals surface area contributed by atoms with Crippen LogP contribution in [0.15, 0.2) is 53.9 Å². The molecule has 0 saturated carbocycles. The second-order valence-electron chi connectivity index (χ2n) is 8.44. The third-order valence-corrected chi connectivity index (χ3v) is 6.37. The van der Waals surface area contributed by atoms with E-state index in [9.17, 15) is 4.79 Å². The number of likely N-dealkylation sites (N-methyl/N-ethyl adjacent to an activating group) is 2. The van der Waals surface area contributed by atoms with Gasteiger partial charge in [-0.3, -0.25) is 4.79 Å². The standard InChI is InChI=1S/C25H32N4O3/c1-17-6-9-19(10-7-17)26-20-12-13-29(21-15-27(2)28(3)25(20)21)16-22(30)18-8-11-23(31-4)24(14-18)32-5/h6-11,14,20,26H,12-13,15-16H2,1-5H3. The van der Waals surface area contributed by atoms with E-state index >= 15 is 0 Å². The van der Waals surface area contributed by atoms with Crippen LogP contribution in [0, 0.1) is 6.92 Å². The van der Waals surface area contributed by atoms with Crippen molar-refractivity contribution in [2.75, 3.05) is 53.3 Å². The molecule has 2 aliphatic rings. The molecule has 2 aliphatic heterocycles. The number of aryl methyl sites for hydroxylation is 1. The van der Waals surface area contributed by atoms with Gasteiger partial charge in [0.25, 0.3) is 0 Å². The van der Waals surface area contributed by atoms with Crippen molar-refractivity contribution in [3.05, 3.63) is 65.0 Å². The Morgan fingerprint density at radius 1 is 1.06 bits per heavy atom. The number of carbonyl (C=O) groups is 1. The zero-order chi connectivity index (χ0) is 22.8. The van der Waals surface area contributed by atoms with Crippen molar-refractivity contribution in [3.8, 4) is 11.5 Å². The van der Waals surface area contributed by atoms with Crippen LogP contribution in [0.2, 0.25) is 0 Å². The summed E-state index contributed by atoms with van der Waals surface area (Å²) in [4.78, 5) is 15.4. The minimum atomic E-state index is 0.0694. The number of Topliss-reactive ketones (excluding diaryl/α,β-unsaturated/α-hetero) is 1. The number of ketones is 1. The molecule has 0 saturated heterocycles. The number of nitrogens with one attached hydrogen (secondary N) is 1. The molecule has 7 nitrogen and oxygen atoms in total. The van der Waals surface area contributed by atoms with Gasteiger partial charge in [-0.25, -0.2) is 5.01 Å². The molecule has 7 heteroatoms. The topological polar surface area (TPSA) is 57.3 Å². The molecule has 0 aliphatic carbocycles. The SMILES string of the molecule is COc1ccc(C(=O)CN2CCC(Nc3ccc(C)cc3)C3=C2CN(C)N3C)cc1OC. The molecule has 170 valence electrons. The van der Waals surface area contributed by atoms with E-state index in [-0.39, 0.29) is 11.8 Å². The van der Waals surface area contributed by atoms with Gasteiger partial charge < -0.3 is 24.7 Å². The highest BCUT2D eigenvalue weighted by molar-refractivity contribution is 5.98. The summed E-state index contributed by atoms with van der Waals surface area (Å²) in [6.07, 6.45) is 0.921. The Morgan fingerprint density at radius 3 is 2.47 bits per heavy atom. The molecule has 1 unspecified atom stereocenters. The molecule has 0 radical (unpaired) electrons. The number of rotatable bonds is 7. The van der Waals surface area contributed by atoms with E-state index in [1.54, 1.807) is 32.4 Å². The minimum absolute atomic E-state index is 0.0694. The van der Waals surface area contributed by atoms with Crippen LogP contribution in [0.5, 0.6) is 11.5 Å². The normalized spacial score (nSPS) is 18.6. The molecule has 1 N–H and O–H groups in total. The van der Waals surface area contributed by atoms with Gasteiger partial charge in [0, 0.05) is 31.9 Å². The molecule has 1 atom stereocenters. The fraction of sp³-hybridized carbons (Fsp3) is 0.400. The molecule has 0 fully saturated rings. The van der Waals surface area contributed by atoms with Gasteiger partial charge in [-0.05, 0) is 43.7 Å². The molecular formula is C25H32N4O3. The Morgan fingerprint density at radius 2 is 1.78 bits per heavy atom. The summed E-state index contributed by atoms with van der Waals surface area (Å²) in [6, 6.07) is 14.0. The maximum Gasteiger partial charge on any atom is 0.182 e. The van der Waals surface area contributed by atoms with E-state index in [1.807, 2.05) is 0 Å². The molecule has 0 amide bonds. The van der Waals surface area contributed by atoms with Gasteiger partial charge in [-0.1, -0.05) is 17.7 Å². The molecule has 4 rings (SSSR count). The average molecular weight is 437 g/mol. The number of benzene rings is 2. The van der Waals surface area contributed by atoms with Gasteiger partial charge in [0.2, 0.25) is 0 Å². The monoisotopic (exact) mass is 436 g/mol. The lowest BCUT2D eigenvalue weighted by Crippen LogP contribution is -2.42. The average Bonchev–Trinajstić information content (AvgIpc) is 3.11. The minimum Gasteiger partial charge on any atom is -0.493 e. The Labute approximate surface area is 190 Å². The van der Waals surface area contributed by atoms with Crippen LogP contribution in [0.1, 0.15) is 22.3 Å². The summed E-state index contributed by atoms with van der Waals surface area (Å²) in [7, 11) is 7.34. The van der Waals surface area contributed by atoms with E-state index in [4.69, 9.17) is 9.47 Å². The smallest absolute Gasteiger partial charge is 0.182 e. The van der Waals surface area contributed by atoms with E-state index in [2.05, 4.69) is 65.5 Å². The first-order chi connectivity index (χ1) is 15.4. The van der Waals surface area contributed by atoms with Crippen LogP contribution < -0.4 is 14.8 Å². The van der Waals surface area contributed by atoms with Crippen molar-refractivity contribution in [2.45, 2.75) is 19.4 Å². The lowest BCUT2D eigenvalue weighted by molar-refractivity contribution is 0.0939. The molecule has 0 bridgehead atoms. The van der Waals surface area contributed by atoms with Crippen LogP contribution in [0.25, 0.3) is 0 Å². The quantitative estimate of drug-likeness (QED) is 0.668. The summed E-state index contributed by atoms with van der Waals surface area (Å²) >= 11 is 0. The second kappa shape index (κ2) is 9.12. The number of ether oxygens (including phenoxy) is 2. The number of nitrogens with zero attached hydrogens (tertiary/aromatic N) is 3. The number of hydrogen-bond donors (Lipinski definition) is 1. The van der Waals surface area contributed by atoms with Crippen LogP contribution >= 0.6 is 0 Å². The summed E-state index contributed by atoms with van der Waals surface area (Å²) in [5.74, 6) is 1.26. The first-order valence-corrected chi connectivity index (χ1v) is 10.9. The zero-order valence-corrected chi connectivity index (χ0v) is 19.5.